The van der Waals surface area contributed by atoms with Gasteiger partial charge in [0.25, 0.3) is 0 Å². The van der Waals surface area contributed by atoms with Gasteiger partial charge in [-0.25, -0.2) is 14.3 Å². The van der Waals surface area contributed by atoms with Gasteiger partial charge in [0.1, 0.15) is 5.37 Å². The molecular weight excluding hydrogens is 248 g/mol. The van der Waals surface area contributed by atoms with Crippen LogP contribution < -0.4 is 11.3 Å². The largest absolute Gasteiger partial charge is 0.323 e. The first-order chi connectivity index (χ1) is 7.56. The van der Waals surface area contributed by atoms with Gasteiger partial charge in [-0.3, -0.25) is 10.4 Å². The van der Waals surface area contributed by atoms with E-state index in [4.69, 9.17) is 5.84 Å². The lowest BCUT2D eigenvalue weighted by Gasteiger charge is -2.36. The van der Waals surface area contributed by atoms with E-state index >= 15 is 0 Å². The quantitative estimate of drug-likeness (QED) is 0.296. The van der Waals surface area contributed by atoms with E-state index in [1.54, 1.807) is 30.6 Å². The molecule has 0 spiro atoms. The zero-order valence-electron chi connectivity index (χ0n) is 9.51. The van der Waals surface area contributed by atoms with Crippen LogP contribution in [0, 0.1) is 0 Å². The molecule has 1 unspecified atom stereocenters. The number of nitrogens with zero attached hydrogens (tertiary/aromatic N) is 2. The summed E-state index contributed by atoms with van der Waals surface area (Å²) >= 11 is 1.64. The molecule has 0 amide bonds. The van der Waals surface area contributed by atoms with Crippen LogP contribution in [0.25, 0.3) is 0 Å². The molecular formula is C8H18N4O2S2. The molecule has 0 aromatic rings. The van der Waals surface area contributed by atoms with E-state index in [-0.39, 0.29) is 5.75 Å². The summed E-state index contributed by atoms with van der Waals surface area (Å²) in [6, 6.07) is 0. The Balaban J connectivity index is 2.96. The number of nitrogens with one attached hydrogen (secondary N) is 1. The summed E-state index contributed by atoms with van der Waals surface area (Å²) in [5, 5.41) is -0.522. The second-order valence-electron chi connectivity index (χ2n) is 3.37. The van der Waals surface area contributed by atoms with Crippen LogP contribution in [-0.2, 0) is 9.84 Å². The lowest BCUT2D eigenvalue weighted by molar-refractivity contribution is 0.395. The van der Waals surface area contributed by atoms with Crippen LogP contribution in [-0.4, -0.2) is 55.5 Å². The molecule has 1 heterocycles. The third-order valence-electron chi connectivity index (χ3n) is 2.51. The van der Waals surface area contributed by atoms with E-state index < -0.39 is 15.2 Å². The lowest BCUT2D eigenvalue weighted by atomic mass is 10.5. The molecule has 0 radical (unpaired) electrons. The first-order valence-corrected chi connectivity index (χ1v) is 7.93. The third-order valence-corrected chi connectivity index (χ3v) is 5.80. The van der Waals surface area contributed by atoms with Crippen molar-refractivity contribution >= 4 is 27.6 Å². The van der Waals surface area contributed by atoms with Crippen LogP contribution in [0.15, 0.2) is 4.99 Å². The maximum absolute atomic E-state index is 11.9. The monoisotopic (exact) mass is 266 g/mol. The van der Waals surface area contributed by atoms with Gasteiger partial charge in [0.2, 0.25) is 5.96 Å². The second-order valence-corrected chi connectivity index (χ2v) is 6.96. The second kappa shape index (κ2) is 5.74. The zero-order chi connectivity index (χ0) is 12.2. The Morgan fingerprint density at radius 3 is 2.88 bits per heavy atom. The SMILES string of the molecule is CCS(=O)(=O)C1CSCCN1C(=NC)NN. The topological polar surface area (TPSA) is 87.8 Å². The van der Waals surface area contributed by atoms with Gasteiger partial charge in [-0.05, 0) is 0 Å². The van der Waals surface area contributed by atoms with Gasteiger partial charge in [-0.1, -0.05) is 6.92 Å². The number of thioether (sulfide) groups is 1. The average Bonchev–Trinajstić information content (AvgIpc) is 2.31. The maximum atomic E-state index is 11.9. The van der Waals surface area contributed by atoms with Crippen LogP contribution >= 0.6 is 11.8 Å². The number of hydrogen-bond acceptors (Lipinski definition) is 5. The highest BCUT2D eigenvalue weighted by Gasteiger charge is 2.34. The van der Waals surface area contributed by atoms with Gasteiger partial charge in [0.15, 0.2) is 9.84 Å². The summed E-state index contributed by atoms with van der Waals surface area (Å²) in [5.74, 6) is 7.36. The lowest BCUT2D eigenvalue weighted by Crippen LogP contribution is -2.56. The number of hydrazine groups is 1. The highest BCUT2D eigenvalue weighted by Crippen LogP contribution is 2.21. The number of sulfone groups is 1. The van der Waals surface area contributed by atoms with Crippen LogP contribution in [0.3, 0.4) is 0 Å². The van der Waals surface area contributed by atoms with Gasteiger partial charge in [-0.15, -0.1) is 0 Å². The van der Waals surface area contributed by atoms with E-state index in [1.165, 1.54) is 0 Å². The number of aliphatic imine (C=N–C) groups is 1. The van der Waals surface area contributed by atoms with Crippen LogP contribution in [0.4, 0.5) is 0 Å². The normalized spacial score (nSPS) is 23.3. The molecule has 16 heavy (non-hydrogen) atoms. The van der Waals surface area contributed by atoms with Crippen molar-refractivity contribution in [2.45, 2.75) is 12.3 Å². The smallest absolute Gasteiger partial charge is 0.209 e. The molecule has 1 aliphatic rings. The van der Waals surface area contributed by atoms with Crippen molar-refractivity contribution in [3.8, 4) is 0 Å². The molecule has 1 aliphatic heterocycles. The van der Waals surface area contributed by atoms with Gasteiger partial charge in [0, 0.05) is 30.9 Å². The highest BCUT2D eigenvalue weighted by molar-refractivity contribution is 8.01. The predicted octanol–water partition coefficient (Wildman–Crippen LogP) is -0.755. The van der Waals surface area contributed by atoms with E-state index in [2.05, 4.69) is 10.4 Å². The van der Waals surface area contributed by atoms with Gasteiger partial charge in [-0.2, -0.15) is 11.8 Å². The van der Waals surface area contributed by atoms with E-state index in [0.29, 0.717) is 18.3 Å². The average molecular weight is 266 g/mol. The molecule has 1 fully saturated rings. The Bertz CT molecular complexity index is 355. The van der Waals surface area contributed by atoms with Crippen molar-refractivity contribution in [2.75, 3.05) is 30.9 Å². The number of hydrogen-bond donors (Lipinski definition) is 2. The summed E-state index contributed by atoms with van der Waals surface area (Å²) < 4.78 is 23.8. The first kappa shape index (κ1) is 13.6. The molecule has 1 rings (SSSR count). The Hall–Kier alpha value is -0.470. The molecule has 3 N–H and O–H groups in total. The molecule has 0 aromatic carbocycles. The standard InChI is InChI=1S/C8H18N4O2S2/c1-3-16(13,14)7-6-15-5-4-12(7)8(10-2)11-9/h7H,3-6,9H2,1-2H3,(H,10,11). The molecule has 8 heteroatoms. The summed E-state index contributed by atoms with van der Waals surface area (Å²) in [6.07, 6.45) is 0. The summed E-state index contributed by atoms with van der Waals surface area (Å²) in [5.41, 5.74) is 2.45. The maximum Gasteiger partial charge on any atom is 0.209 e. The Morgan fingerprint density at radius 1 is 1.69 bits per heavy atom. The minimum absolute atomic E-state index is 0.135. The Labute approximate surface area is 101 Å². The highest BCUT2D eigenvalue weighted by atomic mass is 32.2. The van der Waals surface area contributed by atoms with E-state index in [9.17, 15) is 8.42 Å². The fourth-order valence-electron chi connectivity index (χ4n) is 1.59. The fourth-order valence-corrected chi connectivity index (χ4v) is 4.56. The van der Waals surface area contributed by atoms with Crippen molar-refractivity contribution in [1.29, 1.82) is 0 Å². The van der Waals surface area contributed by atoms with Crippen LogP contribution in [0.1, 0.15) is 6.92 Å². The molecule has 0 aliphatic carbocycles. The molecule has 0 bridgehead atoms. The molecule has 6 nitrogen and oxygen atoms in total. The van der Waals surface area contributed by atoms with Gasteiger partial charge >= 0.3 is 0 Å². The van der Waals surface area contributed by atoms with Crippen molar-refractivity contribution in [3.63, 3.8) is 0 Å². The van der Waals surface area contributed by atoms with Gasteiger partial charge in [0.05, 0.1) is 0 Å². The van der Waals surface area contributed by atoms with Crippen molar-refractivity contribution in [3.05, 3.63) is 0 Å². The van der Waals surface area contributed by atoms with E-state index in [0.717, 1.165) is 5.75 Å². The van der Waals surface area contributed by atoms with Crippen LogP contribution in [0.2, 0.25) is 0 Å². The van der Waals surface area contributed by atoms with Crippen LogP contribution in [0.5, 0.6) is 0 Å². The van der Waals surface area contributed by atoms with Gasteiger partial charge < -0.3 is 4.90 Å². The van der Waals surface area contributed by atoms with Crippen molar-refractivity contribution in [1.82, 2.24) is 10.3 Å². The number of rotatable bonds is 2. The number of guanidine groups is 1. The summed E-state index contributed by atoms with van der Waals surface area (Å²) in [4.78, 5) is 5.69. The molecule has 1 atom stereocenters. The molecule has 0 saturated carbocycles. The Kier molecular flexibility index (Phi) is 4.88. The molecule has 1 saturated heterocycles. The van der Waals surface area contributed by atoms with Crippen molar-refractivity contribution < 1.29 is 8.42 Å². The summed E-state index contributed by atoms with van der Waals surface area (Å²) in [6.45, 7) is 2.30. The molecule has 94 valence electrons. The van der Waals surface area contributed by atoms with E-state index in [1.807, 2.05) is 0 Å². The molecule has 0 aromatic heterocycles. The fraction of sp³-hybridized carbons (Fsp3) is 0.875. The predicted molar refractivity (Wildman–Crippen MR) is 68.0 cm³/mol. The Morgan fingerprint density at radius 2 is 2.38 bits per heavy atom. The van der Waals surface area contributed by atoms with Crippen molar-refractivity contribution in [2.24, 2.45) is 10.8 Å². The minimum Gasteiger partial charge on any atom is -0.323 e. The first-order valence-electron chi connectivity index (χ1n) is 5.06. The minimum atomic E-state index is -3.11. The summed E-state index contributed by atoms with van der Waals surface area (Å²) in [7, 11) is -1.52. The number of nitrogens with two attached hydrogens (primary N) is 1. The third kappa shape index (κ3) is 2.80. The zero-order valence-corrected chi connectivity index (χ0v) is 11.1.